The zero-order valence-corrected chi connectivity index (χ0v) is 19.3. The van der Waals surface area contributed by atoms with E-state index in [-0.39, 0.29) is 24.7 Å². The van der Waals surface area contributed by atoms with Crippen LogP contribution in [0.3, 0.4) is 0 Å². The van der Waals surface area contributed by atoms with Crippen LogP contribution in [0.4, 0.5) is 11.6 Å². The minimum Gasteiger partial charge on any atom is -0.497 e. The smallest absolute Gasteiger partial charge is 0.345 e. The molecule has 0 spiro atoms. The summed E-state index contributed by atoms with van der Waals surface area (Å²) in [5, 5.41) is 0. The molecule has 8 heteroatoms. The molecule has 0 atom stereocenters. The van der Waals surface area contributed by atoms with E-state index in [4.69, 9.17) is 18.9 Å². The van der Waals surface area contributed by atoms with Gasteiger partial charge in [0.1, 0.15) is 23.7 Å². The molecule has 1 aliphatic heterocycles. The first-order valence-electron chi connectivity index (χ1n) is 10.8. The van der Waals surface area contributed by atoms with E-state index in [2.05, 4.69) is 35.1 Å². The lowest BCUT2D eigenvalue weighted by molar-refractivity contribution is 0.0519. The summed E-state index contributed by atoms with van der Waals surface area (Å²) in [5.41, 5.74) is 4.45. The van der Waals surface area contributed by atoms with E-state index in [9.17, 15) is 4.79 Å². The van der Waals surface area contributed by atoms with Gasteiger partial charge in [0.15, 0.2) is 0 Å². The van der Waals surface area contributed by atoms with Gasteiger partial charge < -0.3 is 23.8 Å². The maximum atomic E-state index is 12.5. The van der Waals surface area contributed by atoms with E-state index in [1.165, 1.54) is 17.3 Å². The number of nitrogens with zero attached hydrogens (tertiary/aromatic N) is 3. The highest BCUT2D eigenvalue weighted by Crippen LogP contribution is 2.34. The molecule has 3 aromatic rings. The van der Waals surface area contributed by atoms with Crippen LogP contribution in [0.15, 0.2) is 42.6 Å². The molecule has 33 heavy (non-hydrogen) atoms. The van der Waals surface area contributed by atoms with Gasteiger partial charge in [-0.15, -0.1) is 0 Å². The highest BCUT2D eigenvalue weighted by atomic mass is 16.5. The Labute approximate surface area is 193 Å². The normalized spacial score (nSPS) is 12.3. The van der Waals surface area contributed by atoms with E-state index < -0.39 is 5.97 Å². The molecular formula is C25H27N3O5. The first-order chi connectivity index (χ1) is 16.0. The molecule has 0 radical (unpaired) electrons. The Balaban J connectivity index is 1.67. The summed E-state index contributed by atoms with van der Waals surface area (Å²) in [6.07, 6.45) is 2.36. The number of benzene rings is 2. The van der Waals surface area contributed by atoms with E-state index >= 15 is 0 Å². The number of carbonyl (C=O) groups is 1. The Morgan fingerprint density at radius 2 is 1.97 bits per heavy atom. The number of hydrogen-bond acceptors (Lipinski definition) is 8. The lowest BCUT2D eigenvalue weighted by atomic mass is 10.1. The van der Waals surface area contributed by atoms with Crippen molar-refractivity contribution in [2.24, 2.45) is 0 Å². The molecule has 0 amide bonds. The number of ether oxygens (including phenoxy) is 4. The summed E-state index contributed by atoms with van der Waals surface area (Å²) < 4.78 is 22.0. The molecule has 0 fully saturated rings. The van der Waals surface area contributed by atoms with Crippen LogP contribution in [0.25, 0.3) is 0 Å². The van der Waals surface area contributed by atoms with Crippen molar-refractivity contribution in [3.05, 3.63) is 64.8 Å². The van der Waals surface area contributed by atoms with Crippen molar-refractivity contribution in [1.29, 1.82) is 0 Å². The molecule has 8 nitrogen and oxygen atoms in total. The molecular weight excluding hydrogens is 422 g/mol. The molecule has 2 aromatic carbocycles. The molecule has 172 valence electrons. The van der Waals surface area contributed by atoms with Gasteiger partial charge in [0.25, 0.3) is 0 Å². The largest absolute Gasteiger partial charge is 0.497 e. The molecule has 0 bridgehead atoms. The van der Waals surface area contributed by atoms with Crippen LogP contribution >= 0.6 is 0 Å². The predicted molar refractivity (Wildman–Crippen MR) is 124 cm³/mol. The average Bonchev–Trinajstić information content (AvgIpc) is 3.25. The second kappa shape index (κ2) is 9.77. The molecule has 4 rings (SSSR count). The van der Waals surface area contributed by atoms with Gasteiger partial charge in [-0.3, -0.25) is 0 Å². The van der Waals surface area contributed by atoms with Gasteiger partial charge in [-0.05, 0) is 50.1 Å². The highest BCUT2D eigenvalue weighted by Gasteiger charge is 2.25. The fourth-order valence-corrected chi connectivity index (χ4v) is 3.83. The molecule has 1 aromatic heterocycles. The predicted octanol–water partition coefficient (Wildman–Crippen LogP) is 4.25. The van der Waals surface area contributed by atoms with Crippen LogP contribution in [0.1, 0.15) is 34.0 Å². The van der Waals surface area contributed by atoms with Gasteiger partial charge in [0, 0.05) is 17.8 Å². The number of esters is 1. The summed E-state index contributed by atoms with van der Waals surface area (Å²) in [6.45, 7) is 4.94. The van der Waals surface area contributed by atoms with Crippen LogP contribution in [-0.4, -0.2) is 43.3 Å². The van der Waals surface area contributed by atoms with Crippen molar-refractivity contribution < 1.29 is 23.7 Å². The van der Waals surface area contributed by atoms with E-state index in [1.54, 1.807) is 27.2 Å². The fourth-order valence-electron chi connectivity index (χ4n) is 3.83. The molecule has 0 saturated heterocycles. The first kappa shape index (κ1) is 22.4. The maximum Gasteiger partial charge on any atom is 0.345 e. The fraction of sp³-hybridized carbons (Fsp3) is 0.320. The third-order valence-electron chi connectivity index (χ3n) is 5.46. The molecule has 0 unspecified atom stereocenters. The Kier molecular flexibility index (Phi) is 6.63. The summed E-state index contributed by atoms with van der Waals surface area (Å²) in [7, 11) is 3.18. The Hall–Kier alpha value is -3.81. The zero-order valence-electron chi connectivity index (χ0n) is 19.3. The number of anilines is 2. The van der Waals surface area contributed by atoms with Crippen LogP contribution in [0.2, 0.25) is 0 Å². The van der Waals surface area contributed by atoms with Crippen LogP contribution < -0.4 is 19.1 Å². The van der Waals surface area contributed by atoms with Crippen LogP contribution in [-0.2, 0) is 17.8 Å². The van der Waals surface area contributed by atoms with E-state index in [1.807, 2.05) is 17.0 Å². The monoisotopic (exact) mass is 449 g/mol. The number of methoxy groups -OCH3 is 2. The molecule has 0 N–H and O–H groups in total. The summed E-state index contributed by atoms with van der Waals surface area (Å²) >= 11 is 0. The number of aryl methyl sites for hydroxylation is 1. The first-order valence-corrected chi connectivity index (χ1v) is 10.8. The van der Waals surface area contributed by atoms with Crippen molar-refractivity contribution in [1.82, 2.24) is 9.97 Å². The topological polar surface area (TPSA) is 83.0 Å². The van der Waals surface area contributed by atoms with Crippen molar-refractivity contribution in [2.75, 3.05) is 32.3 Å². The van der Waals surface area contributed by atoms with E-state index in [0.717, 1.165) is 24.2 Å². The molecule has 0 saturated carbocycles. The van der Waals surface area contributed by atoms with Gasteiger partial charge in [-0.2, -0.15) is 4.98 Å². The van der Waals surface area contributed by atoms with Gasteiger partial charge in [0.05, 0.1) is 27.0 Å². The maximum absolute atomic E-state index is 12.5. The Morgan fingerprint density at radius 3 is 2.73 bits per heavy atom. The molecule has 1 aliphatic rings. The Bertz CT molecular complexity index is 1160. The molecule has 2 heterocycles. The lowest BCUT2D eigenvalue weighted by Gasteiger charge is -2.19. The Morgan fingerprint density at radius 1 is 1.12 bits per heavy atom. The van der Waals surface area contributed by atoms with Crippen molar-refractivity contribution in [2.45, 2.75) is 26.9 Å². The summed E-state index contributed by atoms with van der Waals surface area (Å²) in [6, 6.07) is 11.7. The van der Waals surface area contributed by atoms with Gasteiger partial charge in [-0.1, -0.05) is 17.7 Å². The average molecular weight is 450 g/mol. The number of rotatable bonds is 8. The summed E-state index contributed by atoms with van der Waals surface area (Å²) in [4.78, 5) is 23.6. The van der Waals surface area contributed by atoms with Gasteiger partial charge in [-0.25, -0.2) is 9.78 Å². The second-order valence-electron chi connectivity index (χ2n) is 7.61. The SMILES string of the molecule is CCOC(=O)c1cnc(N2CCc3cc(C)ccc32)nc1OCc1cc(OC)ccc1OC. The number of hydrogen-bond donors (Lipinski definition) is 0. The van der Waals surface area contributed by atoms with Crippen molar-refractivity contribution in [3.8, 4) is 17.4 Å². The van der Waals surface area contributed by atoms with E-state index in [0.29, 0.717) is 17.4 Å². The number of aromatic nitrogens is 2. The van der Waals surface area contributed by atoms with Crippen LogP contribution in [0.5, 0.6) is 17.4 Å². The minimum absolute atomic E-state index is 0.124. The third-order valence-corrected chi connectivity index (χ3v) is 5.46. The van der Waals surface area contributed by atoms with Crippen LogP contribution in [0, 0.1) is 6.92 Å². The molecule has 0 aliphatic carbocycles. The highest BCUT2D eigenvalue weighted by molar-refractivity contribution is 5.91. The van der Waals surface area contributed by atoms with Crippen molar-refractivity contribution in [3.63, 3.8) is 0 Å². The quantitative estimate of drug-likeness (QED) is 0.472. The second-order valence-corrected chi connectivity index (χ2v) is 7.61. The standard InChI is InChI=1S/C25H27N3O5/c1-5-32-24(29)20-14-26-25(28-11-10-17-12-16(2)6-8-21(17)28)27-23(20)33-15-18-13-19(30-3)7-9-22(18)31-4/h6-9,12-14H,5,10-11,15H2,1-4H3. The van der Waals surface area contributed by atoms with Gasteiger partial charge in [0.2, 0.25) is 11.8 Å². The summed E-state index contributed by atoms with van der Waals surface area (Å²) in [5.74, 6) is 1.41. The zero-order chi connectivity index (χ0) is 23.4. The minimum atomic E-state index is -0.533. The number of fused-ring (bicyclic) bond motifs is 1. The number of carbonyl (C=O) groups excluding carboxylic acids is 1. The lowest BCUT2D eigenvalue weighted by Crippen LogP contribution is -2.18. The van der Waals surface area contributed by atoms with Crippen molar-refractivity contribution >= 4 is 17.6 Å². The van der Waals surface area contributed by atoms with Gasteiger partial charge >= 0.3 is 5.97 Å². The third kappa shape index (κ3) is 4.69.